The zero-order chi connectivity index (χ0) is 20.0. The van der Waals surface area contributed by atoms with Crippen molar-refractivity contribution < 1.29 is 22.3 Å². The van der Waals surface area contributed by atoms with Gasteiger partial charge in [0.2, 0.25) is 5.91 Å². The number of halogens is 1. The summed E-state index contributed by atoms with van der Waals surface area (Å²) in [5.41, 5.74) is 0.596. The maximum absolute atomic E-state index is 14.1. The number of hydrogen-bond acceptors (Lipinski definition) is 4. The molecule has 2 aromatic rings. The maximum atomic E-state index is 14.1. The minimum absolute atomic E-state index is 0.184. The number of anilines is 1. The van der Waals surface area contributed by atoms with E-state index in [1.165, 1.54) is 39.4 Å². The minimum atomic E-state index is -4.06. The fraction of sp³-hybridized carbons (Fsp3) is 0.278. The molecule has 1 amide bonds. The number of carbonyl (C=O) groups is 1. The number of para-hydroxylation sites is 1. The third-order valence-corrected chi connectivity index (χ3v) is 5.58. The molecule has 0 radical (unpaired) electrons. The van der Waals surface area contributed by atoms with Gasteiger partial charge in [0.05, 0.1) is 12.8 Å². The SMILES string of the molecule is COc1cccc(CNC(=O)CN(c2ccccc2F)S(=O)(=O)N(C)C)c1. The van der Waals surface area contributed by atoms with E-state index < -0.39 is 28.5 Å². The molecule has 0 aliphatic rings. The second-order valence-corrected chi connectivity index (χ2v) is 7.94. The monoisotopic (exact) mass is 395 g/mol. The predicted molar refractivity (Wildman–Crippen MR) is 101 cm³/mol. The molecule has 27 heavy (non-hydrogen) atoms. The Hall–Kier alpha value is -2.65. The normalized spacial score (nSPS) is 11.3. The summed E-state index contributed by atoms with van der Waals surface area (Å²) in [5, 5.41) is 2.64. The quantitative estimate of drug-likeness (QED) is 0.739. The van der Waals surface area contributed by atoms with Gasteiger partial charge in [-0.25, -0.2) is 8.70 Å². The molecule has 0 aliphatic carbocycles. The van der Waals surface area contributed by atoms with E-state index in [9.17, 15) is 17.6 Å². The van der Waals surface area contributed by atoms with Crippen LogP contribution < -0.4 is 14.4 Å². The molecule has 0 unspecified atom stereocenters. The van der Waals surface area contributed by atoms with Crippen LogP contribution in [-0.4, -0.2) is 46.4 Å². The Morgan fingerprint density at radius 2 is 1.85 bits per heavy atom. The largest absolute Gasteiger partial charge is 0.497 e. The molecule has 146 valence electrons. The van der Waals surface area contributed by atoms with Crippen LogP contribution >= 0.6 is 0 Å². The van der Waals surface area contributed by atoms with Gasteiger partial charge in [-0.2, -0.15) is 12.7 Å². The molecule has 0 fully saturated rings. The highest BCUT2D eigenvalue weighted by Crippen LogP contribution is 2.22. The molecular weight excluding hydrogens is 373 g/mol. The average Bonchev–Trinajstić information content (AvgIpc) is 2.65. The Balaban J connectivity index is 2.17. The molecule has 2 rings (SSSR count). The van der Waals surface area contributed by atoms with Crippen LogP contribution in [0.1, 0.15) is 5.56 Å². The highest BCUT2D eigenvalue weighted by atomic mass is 32.2. The number of nitrogens with zero attached hydrogens (tertiary/aromatic N) is 2. The number of methoxy groups -OCH3 is 1. The van der Waals surface area contributed by atoms with Crippen LogP contribution in [0.3, 0.4) is 0 Å². The van der Waals surface area contributed by atoms with Crippen LogP contribution in [0.2, 0.25) is 0 Å². The van der Waals surface area contributed by atoms with Gasteiger partial charge in [-0.15, -0.1) is 0 Å². The van der Waals surface area contributed by atoms with Gasteiger partial charge < -0.3 is 10.1 Å². The highest BCUT2D eigenvalue weighted by Gasteiger charge is 2.29. The third-order valence-electron chi connectivity index (χ3n) is 3.77. The van der Waals surface area contributed by atoms with Gasteiger partial charge in [-0.3, -0.25) is 4.79 Å². The minimum Gasteiger partial charge on any atom is -0.497 e. The zero-order valence-corrected chi connectivity index (χ0v) is 16.2. The van der Waals surface area contributed by atoms with E-state index in [1.807, 2.05) is 0 Å². The molecule has 0 aromatic heterocycles. The van der Waals surface area contributed by atoms with Crippen LogP contribution in [-0.2, 0) is 21.5 Å². The molecule has 0 spiro atoms. The summed E-state index contributed by atoms with van der Waals surface area (Å²) in [6, 6.07) is 12.5. The van der Waals surface area contributed by atoms with Crippen LogP contribution in [0.4, 0.5) is 10.1 Å². The molecular formula is C18H22FN3O4S. The first-order valence-electron chi connectivity index (χ1n) is 8.10. The first-order valence-corrected chi connectivity index (χ1v) is 9.49. The summed E-state index contributed by atoms with van der Waals surface area (Å²) in [7, 11) is 0.114. The number of carbonyl (C=O) groups excluding carboxylic acids is 1. The number of rotatable bonds is 8. The molecule has 2 aromatic carbocycles. The molecule has 9 heteroatoms. The van der Waals surface area contributed by atoms with E-state index >= 15 is 0 Å². The van der Waals surface area contributed by atoms with Gasteiger partial charge in [0.25, 0.3) is 0 Å². The molecule has 0 saturated heterocycles. The summed E-state index contributed by atoms with van der Waals surface area (Å²) >= 11 is 0. The van der Waals surface area contributed by atoms with Gasteiger partial charge in [0.1, 0.15) is 18.1 Å². The molecule has 7 nitrogen and oxygen atoms in total. The third kappa shape index (κ3) is 5.18. The van der Waals surface area contributed by atoms with Gasteiger partial charge in [-0.1, -0.05) is 24.3 Å². The first-order chi connectivity index (χ1) is 12.8. The number of ether oxygens (including phenoxy) is 1. The summed E-state index contributed by atoms with van der Waals surface area (Å²) < 4.78 is 46.1. The lowest BCUT2D eigenvalue weighted by Crippen LogP contribution is -2.46. The highest BCUT2D eigenvalue weighted by molar-refractivity contribution is 7.90. The van der Waals surface area contributed by atoms with Crippen LogP contribution in [0.25, 0.3) is 0 Å². The van der Waals surface area contributed by atoms with Gasteiger partial charge in [-0.05, 0) is 29.8 Å². The van der Waals surface area contributed by atoms with E-state index in [-0.39, 0.29) is 12.2 Å². The van der Waals surface area contributed by atoms with Crippen LogP contribution in [0.5, 0.6) is 5.75 Å². The van der Waals surface area contributed by atoms with Crippen molar-refractivity contribution in [2.24, 2.45) is 0 Å². The maximum Gasteiger partial charge on any atom is 0.304 e. The van der Waals surface area contributed by atoms with Crippen molar-refractivity contribution in [3.8, 4) is 5.75 Å². The van der Waals surface area contributed by atoms with E-state index in [0.29, 0.717) is 5.75 Å². The number of hydrogen-bond donors (Lipinski definition) is 1. The number of nitrogens with one attached hydrogen (secondary N) is 1. The topological polar surface area (TPSA) is 79.0 Å². The van der Waals surface area contributed by atoms with E-state index in [0.717, 1.165) is 20.2 Å². The predicted octanol–water partition coefficient (Wildman–Crippen LogP) is 1.76. The van der Waals surface area contributed by atoms with Gasteiger partial charge >= 0.3 is 10.2 Å². The fourth-order valence-corrected chi connectivity index (χ4v) is 3.38. The Kier molecular flexibility index (Phi) is 6.75. The Bertz CT molecular complexity index is 903. The summed E-state index contributed by atoms with van der Waals surface area (Å²) in [5.74, 6) is -0.653. The Morgan fingerprint density at radius 3 is 2.48 bits per heavy atom. The lowest BCUT2D eigenvalue weighted by molar-refractivity contribution is -0.119. The molecule has 1 N–H and O–H groups in total. The van der Waals surface area contributed by atoms with Crippen molar-refractivity contribution in [1.82, 2.24) is 9.62 Å². The average molecular weight is 395 g/mol. The molecule has 0 heterocycles. The number of amides is 1. The van der Waals surface area contributed by atoms with Crippen molar-refractivity contribution in [3.63, 3.8) is 0 Å². The fourth-order valence-electron chi connectivity index (χ4n) is 2.31. The van der Waals surface area contributed by atoms with Crippen molar-refractivity contribution in [3.05, 3.63) is 59.9 Å². The smallest absolute Gasteiger partial charge is 0.304 e. The lowest BCUT2D eigenvalue weighted by atomic mass is 10.2. The van der Waals surface area contributed by atoms with Gasteiger partial charge in [0.15, 0.2) is 0 Å². The zero-order valence-electron chi connectivity index (χ0n) is 15.3. The second kappa shape index (κ2) is 8.83. The molecule has 0 saturated carbocycles. The summed E-state index contributed by atoms with van der Waals surface area (Å²) in [4.78, 5) is 12.3. The Labute approximate surface area is 158 Å². The number of benzene rings is 2. The van der Waals surface area contributed by atoms with Gasteiger partial charge in [0, 0.05) is 20.6 Å². The van der Waals surface area contributed by atoms with Crippen molar-refractivity contribution in [2.75, 3.05) is 32.1 Å². The second-order valence-electron chi connectivity index (χ2n) is 5.88. The molecule has 0 bridgehead atoms. The van der Waals surface area contributed by atoms with E-state index in [2.05, 4.69) is 5.32 Å². The van der Waals surface area contributed by atoms with E-state index in [4.69, 9.17) is 4.74 Å². The lowest BCUT2D eigenvalue weighted by Gasteiger charge is -2.27. The molecule has 0 atom stereocenters. The van der Waals surface area contributed by atoms with Crippen molar-refractivity contribution in [2.45, 2.75) is 6.54 Å². The van der Waals surface area contributed by atoms with Crippen molar-refractivity contribution in [1.29, 1.82) is 0 Å². The Morgan fingerprint density at radius 1 is 1.15 bits per heavy atom. The summed E-state index contributed by atoms with van der Waals surface area (Å²) in [6.07, 6.45) is 0. The first kappa shape index (κ1) is 20.7. The summed E-state index contributed by atoms with van der Waals surface area (Å²) in [6.45, 7) is -0.366. The van der Waals surface area contributed by atoms with Crippen molar-refractivity contribution >= 4 is 21.8 Å². The van der Waals surface area contributed by atoms with Crippen LogP contribution in [0.15, 0.2) is 48.5 Å². The standard InChI is InChI=1S/C18H22FN3O4S/c1-21(2)27(24,25)22(17-10-5-4-9-16(17)19)13-18(23)20-12-14-7-6-8-15(11-14)26-3/h4-11H,12-13H2,1-3H3,(H,20,23). The van der Waals surface area contributed by atoms with E-state index in [1.54, 1.807) is 24.3 Å². The molecule has 0 aliphatic heterocycles. The van der Waals surface area contributed by atoms with Crippen LogP contribution in [0, 0.1) is 5.82 Å².